The van der Waals surface area contributed by atoms with Crippen LogP contribution in [-0.2, 0) is 0 Å². The van der Waals surface area contributed by atoms with Crippen molar-refractivity contribution in [3.8, 4) is 22.7 Å². The van der Waals surface area contributed by atoms with Crippen LogP contribution in [0.3, 0.4) is 0 Å². The summed E-state index contributed by atoms with van der Waals surface area (Å²) in [5, 5.41) is 17.6. The van der Waals surface area contributed by atoms with Gasteiger partial charge in [-0.25, -0.2) is 9.48 Å². The molecule has 0 aliphatic rings. The van der Waals surface area contributed by atoms with Crippen molar-refractivity contribution >= 4 is 17.6 Å². The summed E-state index contributed by atoms with van der Waals surface area (Å²) in [4.78, 5) is 11.5. The number of benzene rings is 2. The van der Waals surface area contributed by atoms with Gasteiger partial charge in [0.2, 0.25) is 0 Å². The quantitative estimate of drug-likeness (QED) is 0.794. The maximum atomic E-state index is 11.5. The lowest BCUT2D eigenvalue weighted by atomic mass is 10.1. The Morgan fingerprint density at radius 2 is 1.96 bits per heavy atom. The second-order valence-electron chi connectivity index (χ2n) is 4.71. The molecule has 0 spiro atoms. The van der Waals surface area contributed by atoms with E-state index in [1.54, 1.807) is 55.6 Å². The zero-order valence-electron chi connectivity index (χ0n) is 12.1. The molecule has 3 aromatic rings. The Hall–Kier alpha value is -2.86. The predicted octanol–water partition coefficient (Wildman–Crippen LogP) is 3.29. The maximum absolute atomic E-state index is 11.5. The molecule has 6 nitrogen and oxygen atoms in total. The molecule has 1 N–H and O–H groups in total. The summed E-state index contributed by atoms with van der Waals surface area (Å²) in [5.41, 5.74) is 1.52. The minimum absolute atomic E-state index is 0.136. The van der Waals surface area contributed by atoms with Crippen LogP contribution < -0.4 is 4.74 Å². The summed E-state index contributed by atoms with van der Waals surface area (Å²) in [7, 11) is 1.57. The third kappa shape index (κ3) is 2.89. The number of nitrogens with zero attached hydrogens (tertiary/aromatic N) is 3. The van der Waals surface area contributed by atoms with E-state index in [1.165, 1.54) is 4.68 Å². The molecule has 0 unspecified atom stereocenters. The van der Waals surface area contributed by atoms with Gasteiger partial charge < -0.3 is 9.84 Å². The summed E-state index contributed by atoms with van der Waals surface area (Å²) in [6, 6.07) is 14.0. The Morgan fingerprint density at radius 3 is 2.57 bits per heavy atom. The van der Waals surface area contributed by atoms with Crippen molar-refractivity contribution in [3.63, 3.8) is 0 Å². The molecule has 1 heterocycles. The van der Waals surface area contributed by atoms with Crippen molar-refractivity contribution < 1.29 is 14.6 Å². The van der Waals surface area contributed by atoms with Gasteiger partial charge in [0.25, 0.3) is 0 Å². The van der Waals surface area contributed by atoms with Crippen LogP contribution in [0.25, 0.3) is 16.9 Å². The molecule has 0 radical (unpaired) electrons. The fourth-order valence-electron chi connectivity index (χ4n) is 2.22. The molecule has 0 atom stereocenters. The Bertz CT molecular complexity index is 859. The molecule has 23 heavy (non-hydrogen) atoms. The molecule has 0 saturated heterocycles. The summed E-state index contributed by atoms with van der Waals surface area (Å²) in [6.07, 6.45) is 0. The van der Waals surface area contributed by atoms with Crippen molar-refractivity contribution in [1.29, 1.82) is 0 Å². The Morgan fingerprint density at radius 1 is 1.22 bits per heavy atom. The van der Waals surface area contributed by atoms with Crippen LogP contribution in [0.2, 0.25) is 5.02 Å². The van der Waals surface area contributed by atoms with Gasteiger partial charge in [0, 0.05) is 10.6 Å². The van der Waals surface area contributed by atoms with Gasteiger partial charge >= 0.3 is 5.97 Å². The second kappa shape index (κ2) is 6.10. The molecule has 0 bridgehead atoms. The lowest BCUT2D eigenvalue weighted by Gasteiger charge is -2.08. The van der Waals surface area contributed by atoms with Gasteiger partial charge in [-0.2, -0.15) is 0 Å². The largest absolute Gasteiger partial charge is 0.497 e. The van der Waals surface area contributed by atoms with E-state index in [9.17, 15) is 9.90 Å². The molecule has 1 aromatic heterocycles. The third-order valence-corrected chi connectivity index (χ3v) is 3.52. The zero-order valence-corrected chi connectivity index (χ0v) is 12.9. The summed E-state index contributed by atoms with van der Waals surface area (Å²) >= 11 is 6.02. The molecular weight excluding hydrogens is 318 g/mol. The topological polar surface area (TPSA) is 77.2 Å². The smallest absolute Gasteiger partial charge is 0.358 e. The lowest BCUT2D eigenvalue weighted by Crippen LogP contribution is -2.03. The first-order valence-electron chi connectivity index (χ1n) is 6.69. The number of halogens is 1. The number of ether oxygens (including phenoxy) is 1. The van der Waals surface area contributed by atoms with Crippen LogP contribution in [-0.4, -0.2) is 33.2 Å². The minimum Gasteiger partial charge on any atom is -0.497 e. The number of methoxy groups -OCH3 is 1. The Kier molecular flexibility index (Phi) is 3.99. The summed E-state index contributed by atoms with van der Waals surface area (Å²) in [5.74, 6) is -0.462. The number of hydrogen-bond acceptors (Lipinski definition) is 4. The first kappa shape index (κ1) is 15.1. The summed E-state index contributed by atoms with van der Waals surface area (Å²) in [6.45, 7) is 0. The van der Waals surface area contributed by atoms with Gasteiger partial charge in [-0.15, -0.1) is 5.10 Å². The van der Waals surface area contributed by atoms with Crippen LogP contribution in [0.1, 0.15) is 10.5 Å². The van der Waals surface area contributed by atoms with Gasteiger partial charge in [-0.1, -0.05) is 28.9 Å². The van der Waals surface area contributed by atoms with E-state index in [0.29, 0.717) is 27.7 Å². The molecule has 116 valence electrons. The second-order valence-corrected chi connectivity index (χ2v) is 5.15. The van der Waals surface area contributed by atoms with Crippen LogP contribution in [0.15, 0.2) is 48.5 Å². The minimum atomic E-state index is -1.15. The van der Waals surface area contributed by atoms with Crippen LogP contribution >= 0.6 is 11.6 Å². The number of rotatable bonds is 4. The fourth-order valence-corrected chi connectivity index (χ4v) is 2.42. The molecule has 0 saturated carbocycles. The molecule has 0 fully saturated rings. The first-order chi connectivity index (χ1) is 11.1. The standard InChI is InChI=1S/C16H12ClN3O3/c1-23-13-7-5-12(6-8-13)20-15(14(16(21)22)18-19-20)10-3-2-4-11(17)9-10/h2-9H,1H3,(H,21,22). The third-order valence-electron chi connectivity index (χ3n) is 3.29. The molecule has 2 aromatic carbocycles. The van der Waals surface area contributed by atoms with E-state index in [2.05, 4.69) is 10.3 Å². The number of aromatic carboxylic acids is 1. The van der Waals surface area contributed by atoms with E-state index in [4.69, 9.17) is 16.3 Å². The van der Waals surface area contributed by atoms with Crippen LogP contribution in [0.5, 0.6) is 5.75 Å². The van der Waals surface area contributed by atoms with Crippen molar-refractivity contribution in [1.82, 2.24) is 15.0 Å². The normalized spacial score (nSPS) is 10.5. The van der Waals surface area contributed by atoms with Gasteiger partial charge in [0.1, 0.15) is 11.4 Å². The number of carboxylic acid groups (broad SMARTS) is 1. The number of aromatic nitrogens is 3. The van der Waals surface area contributed by atoms with E-state index in [-0.39, 0.29) is 5.69 Å². The SMILES string of the molecule is COc1ccc(-n2nnc(C(=O)O)c2-c2cccc(Cl)c2)cc1. The summed E-state index contributed by atoms with van der Waals surface area (Å²) < 4.78 is 6.59. The van der Waals surface area contributed by atoms with Crippen molar-refractivity contribution in [2.75, 3.05) is 7.11 Å². The first-order valence-corrected chi connectivity index (χ1v) is 7.07. The van der Waals surface area contributed by atoms with Gasteiger partial charge in [-0.05, 0) is 36.4 Å². The highest BCUT2D eigenvalue weighted by molar-refractivity contribution is 6.30. The number of hydrogen-bond donors (Lipinski definition) is 1. The Labute approximate surface area is 136 Å². The predicted molar refractivity (Wildman–Crippen MR) is 85.3 cm³/mol. The van der Waals surface area contributed by atoms with Gasteiger partial charge in [0.15, 0.2) is 5.69 Å². The highest BCUT2D eigenvalue weighted by Crippen LogP contribution is 2.28. The highest BCUT2D eigenvalue weighted by Gasteiger charge is 2.21. The molecule has 3 rings (SSSR count). The molecule has 0 aliphatic carbocycles. The van der Waals surface area contributed by atoms with E-state index >= 15 is 0 Å². The molecule has 7 heteroatoms. The fraction of sp³-hybridized carbons (Fsp3) is 0.0625. The van der Waals surface area contributed by atoms with Gasteiger partial charge in [-0.3, -0.25) is 0 Å². The number of carboxylic acids is 1. The van der Waals surface area contributed by atoms with E-state index in [0.717, 1.165) is 0 Å². The van der Waals surface area contributed by atoms with Crippen molar-refractivity contribution in [2.24, 2.45) is 0 Å². The average Bonchev–Trinajstić information content (AvgIpc) is 3.00. The van der Waals surface area contributed by atoms with Crippen molar-refractivity contribution in [3.05, 3.63) is 59.2 Å². The van der Waals surface area contributed by atoms with Crippen LogP contribution in [0, 0.1) is 0 Å². The molecular formula is C16H12ClN3O3. The zero-order chi connectivity index (χ0) is 16.4. The van der Waals surface area contributed by atoms with Crippen molar-refractivity contribution in [2.45, 2.75) is 0 Å². The van der Waals surface area contributed by atoms with E-state index < -0.39 is 5.97 Å². The molecule has 0 aliphatic heterocycles. The average molecular weight is 330 g/mol. The lowest BCUT2D eigenvalue weighted by molar-refractivity contribution is 0.0691. The van der Waals surface area contributed by atoms with Gasteiger partial charge in [0.05, 0.1) is 12.8 Å². The monoisotopic (exact) mass is 329 g/mol. The molecule has 0 amide bonds. The van der Waals surface area contributed by atoms with Crippen LogP contribution in [0.4, 0.5) is 0 Å². The van der Waals surface area contributed by atoms with E-state index in [1.807, 2.05) is 0 Å². The Balaban J connectivity index is 2.19. The highest BCUT2D eigenvalue weighted by atomic mass is 35.5. The number of carbonyl (C=O) groups is 1. The maximum Gasteiger partial charge on any atom is 0.358 e.